The largest absolute Gasteiger partial charge is 0.478 e. The van der Waals surface area contributed by atoms with Crippen molar-refractivity contribution in [3.05, 3.63) is 58.7 Å². The van der Waals surface area contributed by atoms with E-state index in [9.17, 15) is 9.59 Å². The molecule has 0 aliphatic carbocycles. The van der Waals surface area contributed by atoms with Gasteiger partial charge in [0.05, 0.1) is 16.9 Å². The first-order chi connectivity index (χ1) is 11.9. The van der Waals surface area contributed by atoms with Gasteiger partial charge in [-0.25, -0.2) is 4.79 Å². The number of nitrogens with one attached hydrogen (secondary N) is 2. The van der Waals surface area contributed by atoms with Crippen LogP contribution in [0.15, 0.2) is 36.4 Å². The molecule has 1 aliphatic heterocycles. The quantitative estimate of drug-likeness (QED) is 0.762. The minimum Gasteiger partial charge on any atom is -0.478 e. The zero-order valence-corrected chi connectivity index (χ0v) is 14.9. The Morgan fingerprint density at radius 3 is 2.72 bits per heavy atom. The van der Waals surface area contributed by atoms with Crippen molar-refractivity contribution in [3.63, 3.8) is 0 Å². The van der Waals surface area contributed by atoms with Crippen molar-refractivity contribution < 1.29 is 14.7 Å². The molecule has 0 aromatic heterocycles. The van der Waals surface area contributed by atoms with E-state index >= 15 is 0 Å². The fourth-order valence-corrected chi connectivity index (χ4v) is 3.86. The van der Waals surface area contributed by atoms with Crippen LogP contribution in [0.2, 0.25) is 0 Å². The maximum Gasteiger partial charge on any atom is 0.335 e. The minimum absolute atomic E-state index is 0.136. The summed E-state index contributed by atoms with van der Waals surface area (Å²) in [5.41, 5.74) is 5.20. The number of amides is 1. The number of carbonyl (C=O) groups is 2. The van der Waals surface area contributed by atoms with Crippen LogP contribution in [0.1, 0.15) is 27.0 Å². The normalized spacial score (nSPS) is 15.9. The van der Waals surface area contributed by atoms with E-state index in [2.05, 4.69) is 42.7 Å². The summed E-state index contributed by atoms with van der Waals surface area (Å²) in [6, 6.07) is 10.8. The molecular formula is C19H20N2O3S. The second-order valence-electron chi connectivity index (χ2n) is 6.20. The summed E-state index contributed by atoms with van der Waals surface area (Å²) in [5.74, 6) is 0.343. The maximum atomic E-state index is 12.3. The lowest BCUT2D eigenvalue weighted by molar-refractivity contribution is -0.116. The Bertz CT molecular complexity index is 835. The third kappa shape index (κ3) is 3.96. The number of anilines is 2. The van der Waals surface area contributed by atoms with Crippen molar-refractivity contribution in [1.29, 1.82) is 0 Å². The highest BCUT2D eigenvalue weighted by molar-refractivity contribution is 7.98. The summed E-state index contributed by atoms with van der Waals surface area (Å²) in [6.45, 7) is 4.17. The van der Waals surface area contributed by atoms with E-state index < -0.39 is 5.97 Å². The average Bonchev–Trinajstić information content (AvgIpc) is 2.57. The molecule has 130 valence electrons. The average molecular weight is 356 g/mol. The van der Waals surface area contributed by atoms with Gasteiger partial charge in [-0.05, 0) is 43.2 Å². The standard InChI is InChI=1S/C19H20N2O3S/c1-11-3-4-12(2)14(7-11)9-25-10-17-18(22)21-16-8-13(19(23)24)5-6-15(16)20-17/h3-8,17,20H,9-10H2,1-2H3,(H,21,22)(H,23,24). The molecule has 0 radical (unpaired) electrons. The second kappa shape index (κ2) is 7.19. The van der Waals surface area contributed by atoms with Crippen LogP contribution < -0.4 is 10.6 Å². The number of fused-ring (bicyclic) bond motifs is 1. The number of benzene rings is 2. The van der Waals surface area contributed by atoms with Gasteiger partial charge in [0.2, 0.25) is 5.91 Å². The number of thioether (sulfide) groups is 1. The van der Waals surface area contributed by atoms with E-state index in [1.807, 2.05) is 0 Å². The van der Waals surface area contributed by atoms with Crippen molar-refractivity contribution in [2.75, 3.05) is 16.4 Å². The van der Waals surface area contributed by atoms with Crippen LogP contribution in [0.3, 0.4) is 0 Å². The molecule has 1 heterocycles. The summed E-state index contributed by atoms with van der Waals surface area (Å²) in [4.78, 5) is 23.3. The summed E-state index contributed by atoms with van der Waals surface area (Å²) < 4.78 is 0. The van der Waals surface area contributed by atoms with Crippen molar-refractivity contribution in [3.8, 4) is 0 Å². The van der Waals surface area contributed by atoms with Crippen molar-refractivity contribution in [2.45, 2.75) is 25.6 Å². The smallest absolute Gasteiger partial charge is 0.335 e. The predicted octanol–water partition coefficient (Wildman–Crippen LogP) is 3.67. The SMILES string of the molecule is Cc1ccc(C)c(CSCC2Nc3ccc(C(=O)O)cc3NC2=O)c1. The van der Waals surface area contributed by atoms with Crippen LogP contribution >= 0.6 is 11.8 Å². The van der Waals surface area contributed by atoms with Crippen LogP contribution in [-0.4, -0.2) is 28.8 Å². The lowest BCUT2D eigenvalue weighted by Gasteiger charge is -2.27. The number of aromatic carboxylic acids is 1. The van der Waals surface area contributed by atoms with Crippen molar-refractivity contribution in [2.24, 2.45) is 0 Å². The summed E-state index contributed by atoms with van der Waals surface area (Å²) in [6.07, 6.45) is 0. The van der Waals surface area contributed by atoms with Gasteiger partial charge in [-0.3, -0.25) is 4.79 Å². The van der Waals surface area contributed by atoms with Gasteiger partial charge in [-0.1, -0.05) is 23.8 Å². The molecule has 3 N–H and O–H groups in total. The van der Waals surface area contributed by atoms with Crippen LogP contribution in [0.4, 0.5) is 11.4 Å². The van der Waals surface area contributed by atoms with Gasteiger partial charge in [-0.2, -0.15) is 11.8 Å². The Morgan fingerprint density at radius 2 is 1.96 bits per heavy atom. The number of aryl methyl sites for hydroxylation is 2. The molecule has 2 aromatic rings. The Balaban J connectivity index is 1.63. The molecule has 0 fully saturated rings. The topological polar surface area (TPSA) is 78.4 Å². The van der Waals surface area contributed by atoms with Gasteiger partial charge in [0.1, 0.15) is 6.04 Å². The molecule has 0 saturated carbocycles. The van der Waals surface area contributed by atoms with Crippen molar-refractivity contribution >= 4 is 35.0 Å². The van der Waals surface area contributed by atoms with Gasteiger partial charge in [0.15, 0.2) is 0 Å². The summed E-state index contributed by atoms with van der Waals surface area (Å²) >= 11 is 1.70. The second-order valence-corrected chi connectivity index (χ2v) is 7.23. The van der Waals surface area contributed by atoms with Gasteiger partial charge in [-0.15, -0.1) is 0 Å². The molecule has 1 amide bonds. The van der Waals surface area contributed by atoms with E-state index in [1.54, 1.807) is 17.8 Å². The molecule has 5 nitrogen and oxygen atoms in total. The van der Waals surface area contributed by atoms with E-state index in [4.69, 9.17) is 5.11 Å². The zero-order valence-electron chi connectivity index (χ0n) is 14.1. The van der Waals surface area contributed by atoms with E-state index in [-0.39, 0.29) is 17.5 Å². The molecular weight excluding hydrogens is 336 g/mol. The van der Waals surface area contributed by atoms with Gasteiger partial charge >= 0.3 is 5.97 Å². The fraction of sp³-hybridized carbons (Fsp3) is 0.263. The number of rotatable bonds is 5. The first-order valence-electron chi connectivity index (χ1n) is 8.02. The molecule has 6 heteroatoms. The maximum absolute atomic E-state index is 12.3. The van der Waals surface area contributed by atoms with Gasteiger partial charge < -0.3 is 15.7 Å². The first kappa shape index (κ1) is 17.4. The Hall–Kier alpha value is -2.47. The predicted molar refractivity (Wildman–Crippen MR) is 102 cm³/mol. The number of carboxylic acid groups (broad SMARTS) is 1. The lowest BCUT2D eigenvalue weighted by atomic mass is 10.1. The molecule has 1 atom stereocenters. The third-order valence-electron chi connectivity index (χ3n) is 4.22. The van der Waals surface area contributed by atoms with Crippen molar-refractivity contribution in [1.82, 2.24) is 0 Å². The number of hydrogen-bond acceptors (Lipinski definition) is 4. The Kier molecular flexibility index (Phi) is 4.99. The Labute approximate surface area is 150 Å². The number of carboxylic acids is 1. The van der Waals surface area contributed by atoms with Gasteiger partial charge in [0.25, 0.3) is 0 Å². The first-order valence-corrected chi connectivity index (χ1v) is 9.18. The van der Waals surface area contributed by atoms with Gasteiger partial charge in [0, 0.05) is 11.5 Å². The molecule has 1 unspecified atom stereocenters. The number of carbonyl (C=O) groups excluding carboxylic acids is 1. The molecule has 0 saturated heterocycles. The van der Waals surface area contributed by atoms with Crippen LogP contribution in [0, 0.1) is 13.8 Å². The van der Waals surface area contributed by atoms with E-state index in [1.165, 1.54) is 28.8 Å². The zero-order chi connectivity index (χ0) is 18.0. The molecule has 3 rings (SSSR count). The van der Waals surface area contributed by atoms with Crippen LogP contribution in [0.25, 0.3) is 0 Å². The molecule has 1 aliphatic rings. The molecule has 0 bridgehead atoms. The minimum atomic E-state index is -1.01. The molecule has 0 spiro atoms. The lowest BCUT2D eigenvalue weighted by Crippen LogP contribution is -2.40. The number of hydrogen-bond donors (Lipinski definition) is 3. The van der Waals surface area contributed by atoms with Crippen LogP contribution in [0.5, 0.6) is 0 Å². The highest BCUT2D eigenvalue weighted by Crippen LogP contribution is 2.29. The highest BCUT2D eigenvalue weighted by atomic mass is 32.2. The third-order valence-corrected chi connectivity index (χ3v) is 5.30. The molecule has 25 heavy (non-hydrogen) atoms. The van der Waals surface area contributed by atoms with E-state index in [0.29, 0.717) is 11.4 Å². The fourth-order valence-electron chi connectivity index (χ4n) is 2.74. The monoisotopic (exact) mass is 356 g/mol. The molecule has 2 aromatic carbocycles. The summed E-state index contributed by atoms with van der Waals surface area (Å²) in [7, 11) is 0. The van der Waals surface area contributed by atoms with Crippen LogP contribution in [-0.2, 0) is 10.5 Å². The highest BCUT2D eigenvalue weighted by Gasteiger charge is 2.26. The Morgan fingerprint density at radius 1 is 1.16 bits per heavy atom. The van der Waals surface area contributed by atoms with E-state index in [0.717, 1.165) is 11.4 Å². The summed E-state index contributed by atoms with van der Waals surface area (Å²) in [5, 5.41) is 15.0.